The van der Waals surface area contributed by atoms with Crippen LogP contribution in [-0.4, -0.2) is 57.2 Å². The van der Waals surface area contributed by atoms with E-state index < -0.39 is 10.0 Å². The molecule has 120 valence electrons. The number of rotatable bonds is 4. The SMILES string of the molecule is CCn1cc(S(=O)(=O)N2CCN(c3cnsn3)CC2)nc1C. The minimum atomic E-state index is -3.52. The Labute approximate surface area is 133 Å². The van der Waals surface area contributed by atoms with Crippen molar-refractivity contribution in [1.29, 1.82) is 0 Å². The normalized spacial score (nSPS) is 17.1. The van der Waals surface area contributed by atoms with E-state index in [9.17, 15) is 8.42 Å². The maximum atomic E-state index is 12.7. The Morgan fingerprint density at radius 3 is 2.55 bits per heavy atom. The van der Waals surface area contributed by atoms with E-state index in [1.54, 1.807) is 12.4 Å². The van der Waals surface area contributed by atoms with Gasteiger partial charge in [-0.3, -0.25) is 0 Å². The molecule has 1 aliphatic heterocycles. The average molecular weight is 342 g/mol. The van der Waals surface area contributed by atoms with Crippen LogP contribution in [0.5, 0.6) is 0 Å². The first kappa shape index (κ1) is 15.4. The summed E-state index contributed by atoms with van der Waals surface area (Å²) in [4.78, 5) is 6.24. The molecule has 1 saturated heterocycles. The third-order valence-electron chi connectivity index (χ3n) is 3.81. The van der Waals surface area contributed by atoms with Gasteiger partial charge in [0.05, 0.1) is 17.9 Å². The van der Waals surface area contributed by atoms with Crippen LogP contribution in [0.3, 0.4) is 0 Å². The lowest BCUT2D eigenvalue weighted by Crippen LogP contribution is -2.48. The van der Waals surface area contributed by atoms with Gasteiger partial charge in [0.25, 0.3) is 10.0 Å². The number of sulfonamides is 1. The van der Waals surface area contributed by atoms with Crippen molar-refractivity contribution in [2.24, 2.45) is 0 Å². The fourth-order valence-corrected chi connectivity index (χ4v) is 4.36. The highest BCUT2D eigenvalue weighted by Crippen LogP contribution is 2.19. The molecular formula is C12H18N6O2S2. The van der Waals surface area contributed by atoms with Crippen molar-refractivity contribution in [2.45, 2.75) is 25.4 Å². The summed E-state index contributed by atoms with van der Waals surface area (Å²) in [5, 5.41) is 0.135. The van der Waals surface area contributed by atoms with Gasteiger partial charge in [-0.05, 0) is 13.8 Å². The molecule has 1 fully saturated rings. The first-order chi connectivity index (χ1) is 10.5. The second-order valence-electron chi connectivity index (χ2n) is 5.07. The van der Waals surface area contributed by atoms with Gasteiger partial charge in [-0.1, -0.05) is 0 Å². The Balaban J connectivity index is 1.74. The smallest absolute Gasteiger partial charge is 0.262 e. The quantitative estimate of drug-likeness (QED) is 0.808. The van der Waals surface area contributed by atoms with Gasteiger partial charge in [-0.15, -0.1) is 0 Å². The molecule has 0 aliphatic carbocycles. The van der Waals surface area contributed by atoms with Crippen molar-refractivity contribution < 1.29 is 8.42 Å². The summed E-state index contributed by atoms with van der Waals surface area (Å²) < 4.78 is 36.8. The molecule has 0 aromatic carbocycles. The van der Waals surface area contributed by atoms with Crippen LogP contribution in [0.4, 0.5) is 5.82 Å². The van der Waals surface area contributed by atoms with Crippen LogP contribution in [0, 0.1) is 6.92 Å². The monoisotopic (exact) mass is 342 g/mol. The summed E-state index contributed by atoms with van der Waals surface area (Å²) in [7, 11) is -3.52. The molecule has 2 aromatic heterocycles. The van der Waals surface area contributed by atoms with E-state index in [0.717, 1.165) is 17.5 Å². The van der Waals surface area contributed by atoms with Gasteiger partial charge >= 0.3 is 0 Å². The van der Waals surface area contributed by atoms with Crippen molar-refractivity contribution in [2.75, 3.05) is 31.1 Å². The molecule has 0 N–H and O–H groups in total. The number of imidazole rings is 1. The molecule has 22 heavy (non-hydrogen) atoms. The molecule has 3 heterocycles. The lowest BCUT2D eigenvalue weighted by molar-refractivity contribution is 0.382. The van der Waals surface area contributed by atoms with Crippen molar-refractivity contribution in [3.8, 4) is 0 Å². The summed E-state index contributed by atoms with van der Waals surface area (Å²) in [5.74, 6) is 1.53. The van der Waals surface area contributed by atoms with E-state index in [4.69, 9.17) is 0 Å². The Morgan fingerprint density at radius 1 is 1.27 bits per heavy atom. The third kappa shape index (κ3) is 2.73. The fourth-order valence-electron chi connectivity index (χ4n) is 2.51. The van der Waals surface area contributed by atoms with Gasteiger partial charge in [-0.2, -0.15) is 13.1 Å². The average Bonchev–Trinajstić information content (AvgIpc) is 3.17. The molecule has 2 aromatic rings. The molecule has 0 spiro atoms. The topological polar surface area (TPSA) is 84.2 Å². The van der Waals surface area contributed by atoms with Crippen LogP contribution in [0.15, 0.2) is 17.4 Å². The second kappa shape index (κ2) is 5.94. The Morgan fingerprint density at radius 2 is 2.00 bits per heavy atom. The number of hydrogen-bond donors (Lipinski definition) is 0. The van der Waals surface area contributed by atoms with E-state index >= 15 is 0 Å². The van der Waals surface area contributed by atoms with E-state index in [0.29, 0.717) is 38.5 Å². The Hall–Kier alpha value is -1.52. The van der Waals surface area contributed by atoms with Crippen LogP contribution in [0.2, 0.25) is 0 Å². The summed E-state index contributed by atoms with van der Waals surface area (Å²) in [6.07, 6.45) is 3.32. The highest BCUT2D eigenvalue weighted by Gasteiger charge is 2.31. The first-order valence-corrected chi connectivity index (χ1v) is 9.26. The third-order valence-corrected chi connectivity index (χ3v) is 6.05. The van der Waals surface area contributed by atoms with Crippen LogP contribution in [-0.2, 0) is 16.6 Å². The minimum absolute atomic E-state index is 0.135. The zero-order valence-electron chi connectivity index (χ0n) is 12.5. The fraction of sp³-hybridized carbons (Fsp3) is 0.583. The molecule has 0 amide bonds. The molecule has 0 radical (unpaired) electrons. The Bertz CT molecular complexity index is 732. The zero-order valence-corrected chi connectivity index (χ0v) is 14.1. The number of hydrogen-bond acceptors (Lipinski definition) is 7. The number of aryl methyl sites for hydroxylation is 2. The van der Waals surface area contributed by atoms with Crippen LogP contribution < -0.4 is 4.90 Å². The number of aromatic nitrogens is 4. The highest BCUT2D eigenvalue weighted by atomic mass is 32.2. The predicted molar refractivity (Wildman–Crippen MR) is 83.5 cm³/mol. The van der Waals surface area contributed by atoms with Crippen molar-refractivity contribution >= 4 is 27.6 Å². The lowest BCUT2D eigenvalue weighted by Gasteiger charge is -2.33. The second-order valence-corrected chi connectivity index (χ2v) is 7.51. The molecule has 1 aliphatic rings. The molecule has 0 bridgehead atoms. The lowest BCUT2D eigenvalue weighted by atomic mass is 10.4. The van der Waals surface area contributed by atoms with E-state index in [1.807, 2.05) is 23.3 Å². The summed E-state index contributed by atoms with van der Waals surface area (Å²) in [6, 6.07) is 0. The summed E-state index contributed by atoms with van der Waals surface area (Å²) in [5.41, 5.74) is 0. The van der Waals surface area contributed by atoms with Gasteiger partial charge < -0.3 is 9.47 Å². The van der Waals surface area contributed by atoms with Gasteiger partial charge in [0, 0.05) is 38.9 Å². The summed E-state index contributed by atoms with van der Waals surface area (Å²) in [6.45, 7) is 6.56. The van der Waals surface area contributed by atoms with Crippen LogP contribution in [0.1, 0.15) is 12.7 Å². The zero-order chi connectivity index (χ0) is 15.7. The standard InChI is InChI=1S/C12H18N6O2S2/c1-3-16-9-12(14-10(16)2)22(19,20)18-6-4-17(5-7-18)11-8-13-21-15-11/h8-9H,3-7H2,1-2H3. The molecule has 8 nitrogen and oxygen atoms in total. The molecule has 0 atom stereocenters. The molecular weight excluding hydrogens is 324 g/mol. The predicted octanol–water partition coefficient (Wildman–Crippen LogP) is 0.574. The summed E-state index contributed by atoms with van der Waals surface area (Å²) >= 11 is 1.16. The van der Waals surface area contributed by atoms with Crippen molar-refractivity contribution in [3.05, 3.63) is 18.2 Å². The van der Waals surface area contributed by atoms with Crippen molar-refractivity contribution in [1.82, 2.24) is 22.6 Å². The minimum Gasteiger partial charge on any atom is -0.352 e. The van der Waals surface area contributed by atoms with Crippen LogP contribution in [0.25, 0.3) is 0 Å². The first-order valence-electron chi connectivity index (χ1n) is 7.09. The van der Waals surface area contributed by atoms with Crippen molar-refractivity contribution in [3.63, 3.8) is 0 Å². The van der Waals surface area contributed by atoms with Gasteiger partial charge in [0.15, 0.2) is 10.8 Å². The molecule has 0 saturated carbocycles. The van der Waals surface area contributed by atoms with Crippen LogP contribution >= 0.6 is 11.7 Å². The number of piperazine rings is 1. The molecule has 3 rings (SSSR count). The van der Waals surface area contributed by atoms with Gasteiger partial charge in [-0.25, -0.2) is 13.4 Å². The highest BCUT2D eigenvalue weighted by molar-refractivity contribution is 7.89. The maximum Gasteiger partial charge on any atom is 0.262 e. The maximum absolute atomic E-state index is 12.7. The van der Waals surface area contributed by atoms with E-state index in [2.05, 4.69) is 13.7 Å². The number of anilines is 1. The van der Waals surface area contributed by atoms with E-state index in [-0.39, 0.29) is 5.03 Å². The van der Waals surface area contributed by atoms with E-state index in [1.165, 1.54) is 4.31 Å². The molecule has 0 unspecified atom stereocenters. The van der Waals surface area contributed by atoms with Gasteiger partial charge in [0.2, 0.25) is 0 Å². The number of nitrogens with zero attached hydrogens (tertiary/aromatic N) is 6. The largest absolute Gasteiger partial charge is 0.352 e. The van der Waals surface area contributed by atoms with Gasteiger partial charge in [0.1, 0.15) is 5.82 Å². The molecule has 10 heteroatoms. The Kier molecular flexibility index (Phi) is 4.15.